The highest BCUT2D eigenvalue weighted by molar-refractivity contribution is 5.92. The van der Waals surface area contributed by atoms with Gasteiger partial charge in [0.2, 0.25) is 0 Å². The molecule has 0 amide bonds. The lowest BCUT2D eigenvalue weighted by atomic mass is 9.92. The summed E-state index contributed by atoms with van der Waals surface area (Å²) in [6, 6.07) is 6.79. The summed E-state index contributed by atoms with van der Waals surface area (Å²) in [5, 5.41) is 1.18. The van der Waals surface area contributed by atoms with E-state index in [9.17, 15) is 0 Å². The zero-order chi connectivity index (χ0) is 23.1. The molecule has 1 aromatic heterocycles. The molecule has 0 spiro atoms. The number of hydrogen-bond donors (Lipinski definition) is 1. The lowest BCUT2D eigenvalue weighted by Crippen LogP contribution is -2.09. The van der Waals surface area contributed by atoms with Gasteiger partial charge >= 0.3 is 0 Å². The van der Waals surface area contributed by atoms with Crippen LogP contribution in [0.4, 0.5) is 5.69 Å². The van der Waals surface area contributed by atoms with Crippen LogP contribution in [0.5, 0.6) is 0 Å². The minimum atomic E-state index is 1.00. The summed E-state index contributed by atoms with van der Waals surface area (Å²) in [4.78, 5) is 4.92. The second kappa shape index (κ2) is 15.4. The van der Waals surface area contributed by atoms with Crippen molar-refractivity contribution in [1.82, 2.24) is 4.98 Å². The van der Waals surface area contributed by atoms with Gasteiger partial charge in [-0.25, -0.2) is 0 Å². The van der Waals surface area contributed by atoms with E-state index in [0.717, 1.165) is 24.0 Å². The number of nitrogen functional groups attached to an aromatic ring is 1. The number of benzene rings is 1. The van der Waals surface area contributed by atoms with Crippen LogP contribution in [0.15, 0.2) is 18.2 Å². The van der Waals surface area contributed by atoms with E-state index in [0.29, 0.717) is 0 Å². The molecule has 1 aromatic carbocycles. The van der Waals surface area contributed by atoms with Crippen molar-refractivity contribution < 1.29 is 0 Å². The highest BCUT2D eigenvalue weighted by Crippen LogP contribution is 2.31. The van der Waals surface area contributed by atoms with Crippen LogP contribution in [0, 0.1) is 0 Å². The fourth-order valence-electron chi connectivity index (χ4n) is 5.54. The van der Waals surface area contributed by atoms with Crippen molar-refractivity contribution in [3.63, 3.8) is 0 Å². The van der Waals surface area contributed by atoms with Gasteiger partial charge in [0.25, 0.3) is 0 Å². The minimum Gasteiger partial charge on any atom is -0.398 e. The molecule has 2 N–H and O–H groups in total. The maximum atomic E-state index is 6.56. The van der Waals surface area contributed by atoms with Crippen molar-refractivity contribution >= 4 is 16.6 Å². The topological polar surface area (TPSA) is 38.9 Å². The number of aromatic nitrogens is 1. The third kappa shape index (κ3) is 8.95. The Morgan fingerprint density at radius 1 is 0.697 bits per heavy atom. The Labute approximate surface area is 204 Å². The first-order valence-electron chi connectivity index (χ1n) is 14.5. The molecule has 0 atom stereocenters. The molecule has 0 aliphatic heterocycles. The summed E-state index contributed by atoms with van der Waals surface area (Å²) in [5.74, 6) is 0. The predicted octanol–water partition coefficient (Wildman–Crippen LogP) is 9.50. The first-order valence-corrected chi connectivity index (χ1v) is 14.5. The van der Waals surface area contributed by atoms with Gasteiger partial charge in [0.15, 0.2) is 0 Å². The van der Waals surface area contributed by atoms with Crippen molar-refractivity contribution in [2.45, 2.75) is 142 Å². The number of pyridine rings is 1. The first kappa shape index (κ1) is 26.0. The molecule has 0 bridgehead atoms. The Kier molecular flexibility index (Phi) is 12.1. The number of nitrogens with two attached hydrogens (primary N) is 1. The molecule has 1 aliphatic rings. The highest BCUT2D eigenvalue weighted by atomic mass is 14.7. The van der Waals surface area contributed by atoms with Gasteiger partial charge in [0.05, 0.1) is 5.52 Å². The summed E-state index contributed by atoms with van der Waals surface area (Å²) in [7, 11) is 0. The standard InChI is InChI=1S/C31H50N2/c1-2-3-4-5-6-7-8-9-10-11-12-13-14-15-16-17-20-26-23-24-30-28(25-26)31(32)27-21-18-19-22-29(27)33-30/h23-25H,2-22H2,1H3,(H2,32,33). The van der Waals surface area contributed by atoms with E-state index in [1.54, 1.807) is 0 Å². The van der Waals surface area contributed by atoms with Crippen molar-refractivity contribution in [2.24, 2.45) is 0 Å². The smallest absolute Gasteiger partial charge is 0.0726 e. The minimum absolute atomic E-state index is 1.00. The van der Waals surface area contributed by atoms with E-state index in [1.807, 2.05) is 0 Å². The maximum Gasteiger partial charge on any atom is 0.0726 e. The van der Waals surface area contributed by atoms with Crippen molar-refractivity contribution in [3.8, 4) is 0 Å². The lowest BCUT2D eigenvalue weighted by Gasteiger charge is -2.18. The zero-order valence-corrected chi connectivity index (χ0v) is 21.6. The van der Waals surface area contributed by atoms with Crippen molar-refractivity contribution in [2.75, 3.05) is 5.73 Å². The number of nitrogens with zero attached hydrogens (tertiary/aromatic N) is 1. The van der Waals surface area contributed by atoms with Gasteiger partial charge in [-0.1, -0.05) is 109 Å². The molecule has 0 saturated carbocycles. The predicted molar refractivity (Wildman–Crippen MR) is 146 cm³/mol. The van der Waals surface area contributed by atoms with E-state index in [4.69, 9.17) is 10.7 Å². The van der Waals surface area contributed by atoms with Crippen LogP contribution in [0.3, 0.4) is 0 Å². The van der Waals surface area contributed by atoms with E-state index >= 15 is 0 Å². The molecule has 0 radical (unpaired) electrons. The Balaban J connectivity index is 1.21. The molecule has 1 heterocycles. The van der Waals surface area contributed by atoms with E-state index in [2.05, 4.69) is 25.1 Å². The Morgan fingerprint density at radius 2 is 1.24 bits per heavy atom. The molecule has 33 heavy (non-hydrogen) atoms. The van der Waals surface area contributed by atoms with Crippen molar-refractivity contribution in [3.05, 3.63) is 35.0 Å². The fraction of sp³-hybridized carbons (Fsp3) is 0.710. The van der Waals surface area contributed by atoms with Gasteiger partial charge < -0.3 is 5.73 Å². The molecule has 0 unspecified atom stereocenters. The van der Waals surface area contributed by atoms with E-state index in [1.165, 1.54) is 144 Å². The molecule has 0 fully saturated rings. The summed E-state index contributed by atoms with van der Waals surface area (Å²) < 4.78 is 0. The third-order valence-electron chi connectivity index (χ3n) is 7.69. The number of rotatable bonds is 17. The number of unbranched alkanes of at least 4 members (excludes halogenated alkanes) is 15. The van der Waals surface area contributed by atoms with Gasteiger partial charge in [-0.15, -0.1) is 0 Å². The van der Waals surface area contributed by atoms with Crippen molar-refractivity contribution in [1.29, 1.82) is 0 Å². The number of fused-ring (bicyclic) bond motifs is 2. The Hall–Kier alpha value is -1.57. The molecule has 2 heteroatoms. The van der Waals surface area contributed by atoms with Gasteiger partial charge in [-0.05, 0) is 61.8 Å². The lowest BCUT2D eigenvalue weighted by molar-refractivity contribution is 0.529. The second-order valence-corrected chi connectivity index (χ2v) is 10.6. The van der Waals surface area contributed by atoms with Gasteiger partial charge in [-0.2, -0.15) is 0 Å². The van der Waals surface area contributed by atoms with E-state index < -0.39 is 0 Å². The van der Waals surface area contributed by atoms with E-state index in [-0.39, 0.29) is 0 Å². The molecular formula is C31H50N2. The molecule has 2 nitrogen and oxygen atoms in total. The SMILES string of the molecule is CCCCCCCCCCCCCCCCCCc1ccc2nc3c(c(N)c2c1)CCCC3. The molecule has 184 valence electrons. The third-order valence-corrected chi connectivity index (χ3v) is 7.69. The monoisotopic (exact) mass is 450 g/mol. The average molecular weight is 451 g/mol. The molecule has 1 aliphatic carbocycles. The largest absolute Gasteiger partial charge is 0.398 e. The van der Waals surface area contributed by atoms with Crippen LogP contribution < -0.4 is 5.73 Å². The van der Waals surface area contributed by atoms with Crippen LogP contribution in [0.1, 0.15) is 139 Å². The zero-order valence-electron chi connectivity index (χ0n) is 21.6. The number of hydrogen-bond acceptors (Lipinski definition) is 2. The van der Waals surface area contributed by atoms with Gasteiger partial charge in [0, 0.05) is 16.8 Å². The summed E-state index contributed by atoms with van der Waals surface area (Å²) >= 11 is 0. The van der Waals surface area contributed by atoms with Gasteiger partial charge in [-0.3, -0.25) is 4.98 Å². The fourth-order valence-corrected chi connectivity index (χ4v) is 5.54. The van der Waals surface area contributed by atoms with Crippen LogP contribution in [-0.2, 0) is 19.3 Å². The molecule has 0 saturated heterocycles. The van der Waals surface area contributed by atoms with Crippen LogP contribution in [0.2, 0.25) is 0 Å². The first-order chi connectivity index (χ1) is 16.3. The normalized spacial score (nSPS) is 13.5. The summed E-state index contributed by atoms with van der Waals surface area (Å²) in [5.41, 5.74) is 12.7. The summed E-state index contributed by atoms with van der Waals surface area (Å²) in [6.45, 7) is 2.30. The Bertz CT molecular complexity index is 810. The Morgan fingerprint density at radius 3 is 1.85 bits per heavy atom. The number of anilines is 1. The maximum absolute atomic E-state index is 6.56. The van der Waals surface area contributed by atoms with Crippen LogP contribution in [-0.4, -0.2) is 4.98 Å². The molecular weight excluding hydrogens is 400 g/mol. The highest BCUT2D eigenvalue weighted by Gasteiger charge is 2.16. The molecule has 3 rings (SSSR count). The quantitative estimate of drug-likeness (QED) is 0.244. The average Bonchev–Trinajstić information content (AvgIpc) is 2.84. The van der Waals surface area contributed by atoms with Crippen LogP contribution in [0.25, 0.3) is 10.9 Å². The van der Waals surface area contributed by atoms with Crippen LogP contribution >= 0.6 is 0 Å². The molecule has 2 aromatic rings. The summed E-state index contributed by atoms with van der Waals surface area (Å²) in [6.07, 6.45) is 28.7. The second-order valence-electron chi connectivity index (χ2n) is 10.6. The van der Waals surface area contributed by atoms with Gasteiger partial charge in [0.1, 0.15) is 0 Å². The number of aryl methyl sites for hydroxylation is 2.